The van der Waals surface area contributed by atoms with Crippen molar-refractivity contribution in [2.45, 2.75) is 64.7 Å². The minimum atomic E-state index is 0.137. The van der Waals surface area contributed by atoms with Crippen molar-refractivity contribution in [1.29, 1.82) is 0 Å². The van der Waals surface area contributed by atoms with Gasteiger partial charge in [-0.15, -0.1) is 0 Å². The van der Waals surface area contributed by atoms with Crippen molar-refractivity contribution in [3.05, 3.63) is 28.7 Å². The molecule has 1 aliphatic carbocycles. The molecule has 7 nitrogen and oxygen atoms in total. The normalized spacial score (nSPS) is 23.0. The SMILES string of the molecule is Cc1noc(C)c1COC1CCN(C(C)c2nc(C3CC3)no2)C1. The first-order chi connectivity index (χ1) is 11.6. The molecule has 0 aromatic carbocycles. The van der Waals surface area contributed by atoms with E-state index in [0.717, 1.165) is 48.2 Å². The van der Waals surface area contributed by atoms with E-state index in [4.69, 9.17) is 13.8 Å². The molecule has 4 rings (SSSR count). The van der Waals surface area contributed by atoms with Crippen molar-refractivity contribution in [2.24, 2.45) is 0 Å². The third kappa shape index (κ3) is 3.10. The molecule has 2 aliphatic rings. The van der Waals surface area contributed by atoms with Gasteiger partial charge in [0.05, 0.1) is 24.4 Å². The van der Waals surface area contributed by atoms with Crippen LogP contribution in [0.4, 0.5) is 0 Å². The van der Waals surface area contributed by atoms with Crippen molar-refractivity contribution in [2.75, 3.05) is 13.1 Å². The average Bonchev–Trinajstić information content (AvgIpc) is 2.99. The molecule has 2 fully saturated rings. The van der Waals surface area contributed by atoms with Gasteiger partial charge in [-0.2, -0.15) is 4.98 Å². The molecule has 0 radical (unpaired) electrons. The molecular weight excluding hydrogens is 308 g/mol. The maximum absolute atomic E-state index is 6.07. The van der Waals surface area contributed by atoms with Crippen LogP contribution in [0.1, 0.15) is 66.9 Å². The zero-order valence-electron chi connectivity index (χ0n) is 14.5. The van der Waals surface area contributed by atoms with E-state index in [9.17, 15) is 0 Å². The highest BCUT2D eigenvalue weighted by molar-refractivity contribution is 5.19. The molecule has 1 aliphatic heterocycles. The fourth-order valence-electron chi connectivity index (χ4n) is 3.23. The van der Waals surface area contributed by atoms with E-state index in [0.29, 0.717) is 12.5 Å². The molecule has 0 spiro atoms. The summed E-state index contributed by atoms with van der Waals surface area (Å²) in [7, 11) is 0. The van der Waals surface area contributed by atoms with Crippen molar-refractivity contribution >= 4 is 0 Å². The molecule has 0 bridgehead atoms. The van der Waals surface area contributed by atoms with Crippen LogP contribution in [0.2, 0.25) is 0 Å². The Morgan fingerprint density at radius 2 is 2.04 bits per heavy atom. The number of likely N-dealkylation sites (tertiary alicyclic amines) is 1. The lowest BCUT2D eigenvalue weighted by atomic mass is 10.2. The van der Waals surface area contributed by atoms with Gasteiger partial charge < -0.3 is 13.8 Å². The van der Waals surface area contributed by atoms with Crippen molar-refractivity contribution < 1.29 is 13.8 Å². The lowest BCUT2D eigenvalue weighted by Gasteiger charge is -2.20. The number of nitrogens with zero attached hydrogens (tertiary/aromatic N) is 4. The van der Waals surface area contributed by atoms with Crippen LogP contribution in [-0.2, 0) is 11.3 Å². The smallest absolute Gasteiger partial charge is 0.243 e. The van der Waals surface area contributed by atoms with E-state index in [1.54, 1.807) is 0 Å². The molecule has 2 aromatic heterocycles. The van der Waals surface area contributed by atoms with Crippen LogP contribution in [0.3, 0.4) is 0 Å². The van der Waals surface area contributed by atoms with Crippen LogP contribution in [0, 0.1) is 13.8 Å². The lowest BCUT2D eigenvalue weighted by molar-refractivity contribution is 0.0415. The molecule has 0 amide bonds. The molecule has 0 N–H and O–H groups in total. The van der Waals surface area contributed by atoms with Crippen LogP contribution in [0.15, 0.2) is 9.05 Å². The Kier molecular flexibility index (Phi) is 4.14. The van der Waals surface area contributed by atoms with E-state index in [-0.39, 0.29) is 12.1 Å². The number of hydrogen-bond donors (Lipinski definition) is 0. The van der Waals surface area contributed by atoms with Crippen LogP contribution < -0.4 is 0 Å². The zero-order chi connectivity index (χ0) is 16.7. The quantitative estimate of drug-likeness (QED) is 0.805. The molecular formula is C17H24N4O3. The summed E-state index contributed by atoms with van der Waals surface area (Å²) in [5.41, 5.74) is 1.97. The monoisotopic (exact) mass is 332 g/mol. The van der Waals surface area contributed by atoms with Crippen LogP contribution in [0.5, 0.6) is 0 Å². The van der Waals surface area contributed by atoms with E-state index < -0.39 is 0 Å². The van der Waals surface area contributed by atoms with E-state index in [2.05, 4.69) is 27.1 Å². The molecule has 7 heteroatoms. The van der Waals surface area contributed by atoms with Gasteiger partial charge in [0.15, 0.2) is 5.82 Å². The Balaban J connectivity index is 1.32. The van der Waals surface area contributed by atoms with E-state index in [1.165, 1.54) is 12.8 Å². The van der Waals surface area contributed by atoms with Crippen molar-refractivity contribution in [3.63, 3.8) is 0 Å². The highest BCUT2D eigenvalue weighted by Gasteiger charge is 2.33. The van der Waals surface area contributed by atoms with Gasteiger partial charge in [0.1, 0.15) is 5.76 Å². The van der Waals surface area contributed by atoms with Gasteiger partial charge >= 0.3 is 0 Å². The van der Waals surface area contributed by atoms with Gasteiger partial charge in [-0.25, -0.2) is 0 Å². The molecule has 24 heavy (non-hydrogen) atoms. The Hall–Kier alpha value is -1.73. The first-order valence-electron chi connectivity index (χ1n) is 8.72. The lowest BCUT2D eigenvalue weighted by Crippen LogP contribution is -2.26. The van der Waals surface area contributed by atoms with Crippen molar-refractivity contribution in [1.82, 2.24) is 20.2 Å². The number of aryl methyl sites for hydroxylation is 2. The molecule has 2 aromatic rings. The Morgan fingerprint density at radius 3 is 2.75 bits per heavy atom. The molecule has 3 heterocycles. The first-order valence-corrected chi connectivity index (χ1v) is 8.72. The van der Waals surface area contributed by atoms with Gasteiger partial charge in [-0.05, 0) is 40.0 Å². The summed E-state index contributed by atoms with van der Waals surface area (Å²) >= 11 is 0. The fourth-order valence-corrected chi connectivity index (χ4v) is 3.23. The van der Waals surface area contributed by atoms with Crippen LogP contribution >= 0.6 is 0 Å². The van der Waals surface area contributed by atoms with E-state index in [1.807, 2.05) is 13.8 Å². The number of rotatable bonds is 6. The topological polar surface area (TPSA) is 77.4 Å². The number of ether oxygens (including phenoxy) is 1. The minimum absolute atomic E-state index is 0.137. The number of hydrogen-bond acceptors (Lipinski definition) is 7. The summed E-state index contributed by atoms with van der Waals surface area (Å²) in [5, 5.41) is 8.09. The summed E-state index contributed by atoms with van der Waals surface area (Å²) < 4.78 is 16.7. The summed E-state index contributed by atoms with van der Waals surface area (Å²) in [4.78, 5) is 6.92. The molecule has 1 saturated carbocycles. The average molecular weight is 332 g/mol. The molecule has 130 valence electrons. The van der Waals surface area contributed by atoms with E-state index >= 15 is 0 Å². The predicted octanol–water partition coefficient (Wildman–Crippen LogP) is 2.90. The highest BCUT2D eigenvalue weighted by atomic mass is 16.5. The molecule has 2 unspecified atom stereocenters. The number of aromatic nitrogens is 3. The highest BCUT2D eigenvalue weighted by Crippen LogP contribution is 2.38. The summed E-state index contributed by atoms with van der Waals surface area (Å²) in [6.07, 6.45) is 3.60. The Morgan fingerprint density at radius 1 is 1.21 bits per heavy atom. The van der Waals surface area contributed by atoms with Crippen LogP contribution in [-0.4, -0.2) is 39.4 Å². The minimum Gasteiger partial charge on any atom is -0.372 e. The molecule has 1 saturated heterocycles. The first kappa shape index (κ1) is 15.8. The maximum Gasteiger partial charge on any atom is 0.243 e. The maximum atomic E-state index is 6.07. The van der Waals surface area contributed by atoms with Gasteiger partial charge in [0, 0.05) is 24.6 Å². The van der Waals surface area contributed by atoms with Gasteiger partial charge in [-0.1, -0.05) is 10.3 Å². The predicted molar refractivity (Wildman–Crippen MR) is 85.4 cm³/mol. The summed E-state index contributed by atoms with van der Waals surface area (Å²) in [6.45, 7) is 8.42. The third-order valence-electron chi connectivity index (χ3n) is 5.13. The van der Waals surface area contributed by atoms with Gasteiger partial charge in [0.25, 0.3) is 0 Å². The summed E-state index contributed by atoms with van der Waals surface area (Å²) in [6, 6.07) is 0.137. The zero-order valence-corrected chi connectivity index (χ0v) is 14.5. The Bertz CT molecular complexity index is 687. The second-order valence-electron chi connectivity index (χ2n) is 6.96. The summed E-state index contributed by atoms with van der Waals surface area (Å²) in [5.74, 6) is 2.97. The fraction of sp³-hybridized carbons (Fsp3) is 0.706. The van der Waals surface area contributed by atoms with Gasteiger partial charge in [0.2, 0.25) is 5.89 Å². The largest absolute Gasteiger partial charge is 0.372 e. The molecule has 2 atom stereocenters. The second kappa shape index (κ2) is 6.29. The standard InChI is InChI=1S/C17H24N4O3/c1-10-15(12(3)23-19-10)9-22-14-6-7-21(8-14)11(2)17-18-16(20-24-17)13-4-5-13/h11,13-14H,4-9H2,1-3H3. The third-order valence-corrected chi connectivity index (χ3v) is 5.13. The Labute approximate surface area is 141 Å². The second-order valence-corrected chi connectivity index (χ2v) is 6.96. The van der Waals surface area contributed by atoms with Gasteiger partial charge in [-0.3, -0.25) is 4.90 Å². The van der Waals surface area contributed by atoms with Crippen molar-refractivity contribution in [3.8, 4) is 0 Å². The van der Waals surface area contributed by atoms with Crippen LogP contribution in [0.25, 0.3) is 0 Å².